The molecule has 3 aromatic rings. The highest BCUT2D eigenvalue weighted by Gasteiger charge is 2.19. The van der Waals surface area contributed by atoms with Crippen LogP contribution in [0.2, 0.25) is 0 Å². The molecule has 0 aliphatic heterocycles. The van der Waals surface area contributed by atoms with Crippen LogP contribution in [0, 0.1) is 0 Å². The van der Waals surface area contributed by atoms with Gasteiger partial charge in [0.15, 0.2) is 11.3 Å². The first-order chi connectivity index (χ1) is 10.9. The zero-order valence-corrected chi connectivity index (χ0v) is 12.6. The van der Waals surface area contributed by atoms with Crippen LogP contribution >= 0.6 is 0 Å². The van der Waals surface area contributed by atoms with Crippen LogP contribution in [0.25, 0.3) is 21.9 Å². The van der Waals surface area contributed by atoms with E-state index in [4.69, 9.17) is 4.42 Å². The lowest BCUT2D eigenvalue weighted by atomic mass is 10.0. The molecule has 0 radical (unpaired) electrons. The van der Waals surface area contributed by atoms with Crippen molar-refractivity contribution in [3.63, 3.8) is 0 Å². The van der Waals surface area contributed by atoms with Gasteiger partial charge in [-0.15, -0.1) is 6.58 Å². The lowest BCUT2D eigenvalue weighted by Gasteiger charge is -2.11. The maximum absolute atomic E-state index is 12.6. The van der Waals surface area contributed by atoms with E-state index in [1.165, 1.54) is 24.3 Å². The lowest BCUT2D eigenvalue weighted by molar-refractivity contribution is 0.439. The van der Waals surface area contributed by atoms with Crippen LogP contribution in [0.4, 0.5) is 0 Å². The fourth-order valence-corrected chi connectivity index (χ4v) is 2.61. The Morgan fingerprint density at radius 3 is 2.65 bits per heavy atom. The topological polar surface area (TPSA) is 90.9 Å². The van der Waals surface area contributed by atoms with Crippen LogP contribution in [0.1, 0.15) is 18.9 Å². The molecular formula is C18H16O5. The standard InChI is InChI=1S/C18H16O5/c1-9(2)6-7-10-13(20)8-14-15(16(10)21)17(22)11-4-3-5-12(19)18(11)23-14/h3-5,8,19-21H,1,6-7H2,2H3. The molecule has 0 aliphatic rings. The van der Waals surface area contributed by atoms with E-state index < -0.39 is 5.43 Å². The molecule has 0 fully saturated rings. The van der Waals surface area contributed by atoms with E-state index in [0.717, 1.165) is 5.57 Å². The zero-order chi connectivity index (χ0) is 16.7. The highest BCUT2D eigenvalue weighted by atomic mass is 16.4. The van der Waals surface area contributed by atoms with E-state index in [1.54, 1.807) is 0 Å². The Morgan fingerprint density at radius 1 is 1.22 bits per heavy atom. The van der Waals surface area contributed by atoms with Gasteiger partial charge in [-0.25, -0.2) is 0 Å². The highest BCUT2D eigenvalue weighted by molar-refractivity contribution is 5.96. The Hall–Kier alpha value is -2.95. The molecule has 0 spiro atoms. The van der Waals surface area contributed by atoms with Crippen molar-refractivity contribution >= 4 is 21.9 Å². The van der Waals surface area contributed by atoms with Crippen molar-refractivity contribution in [2.75, 3.05) is 0 Å². The third kappa shape index (κ3) is 2.40. The summed E-state index contributed by atoms with van der Waals surface area (Å²) >= 11 is 0. The first-order valence-corrected chi connectivity index (χ1v) is 7.17. The largest absolute Gasteiger partial charge is 0.507 e. The summed E-state index contributed by atoms with van der Waals surface area (Å²) in [5, 5.41) is 30.6. The molecule has 3 rings (SSSR count). The molecule has 3 N–H and O–H groups in total. The van der Waals surface area contributed by atoms with E-state index in [0.29, 0.717) is 12.8 Å². The number of benzene rings is 2. The number of phenols is 3. The van der Waals surface area contributed by atoms with Crippen LogP contribution in [-0.4, -0.2) is 15.3 Å². The molecule has 1 heterocycles. The Morgan fingerprint density at radius 2 is 1.96 bits per heavy atom. The van der Waals surface area contributed by atoms with Gasteiger partial charge in [0.2, 0.25) is 5.43 Å². The fourth-order valence-electron chi connectivity index (χ4n) is 2.61. The number of para-hydroxylation sites is 1. The van der Waals surface area contributed by atoms with Crippen LogP contribution < -0.4 is 5.43 Å². The fraction of sp³-hybridized carbons (Fsp3) is 0.167. The van der Waals surface area contributed by atoms with Gasteiger partial charge < -0.3 is 19.7 Å². The first-order valence-electron chi connectivity index (χ1n) is 7.17. The molecule has 0 amide bonds. The van der Waals surface area contributed by atoms with Crippen molar-refractivity contribution in [2.24, 2.45) is 0 Å². The monoisotopic (exact) mass is 312 g/mol. The minimum atomic E-state index is -0.453. The number of aromatic hydroxyl groups is 3. The van der Waals surface area contributed by atoms with Crippen LogP contribution in [0.15, 0.2) is 45.6 Å². The van der Waals surface area contributed by atoms with Crippen molar-refractivity contribution in [3.05, 3.63) is 52.2 Å². The predicted octanol–water partition coefficient (Wildman–Crippen LogP) is 3.57. The summed E-state index contributed by atoms with van der Waals surface area (Å²) in [7, 11) is 0. The smallest absolute Gasteiger partial charge is 0.204 e. The number of hydrogen-bond acceptors (Lipinski definition) is 5. The van der Waals surface area contributed by atoms with Crippen LogP contribution in [0.3, 0.4) is 0 Å². The minimum Gasteiger partial charge on any atom is -0.507 e. The van der Waals surface area contributed by atoms with E-state index >= 15 is 0 Å². The minimum absolute atomic E-state index is 0.00221. The molecule has 0 atom stereocenters. The zero-order valence-electron chi connectivity index (χ0n) is 12.6. The number of fused-ring (bicyclic) bond motifs is 2. The quantitative estimate of drug-likeness (QED) is 0.508. The summed E-state index contributed by atoms with van der Waals surface area (Å²) in [5.41, 5.74) is 0.787. The molecule has 2 aromatic carbocycles. The molecule has 0 unspecified atom stereocenters. The van der Waals surface area contributed by atoms with Gasteiger partial charge in [0.25, 0.3) is 0 Å². The van der Waals surface area contributed by atoms with E-state index in [-0.39, 0.29) is 44.8 Å². The number of hydrogen-bond donors (Lipinski definition) is 3. The highest BCUT2D eigenvalue weighted by Crippen LogP contribution is 2.37. The molecular weight excluding hydrogens is 296 g/mol. The lowest BCUT2D eigenvalue weighted by Crippen LogP contribution is -2.04. The second kappa shape index (κ2) is 5.35. The summed E-state index contributed by atoms with van der Waals surface area (Å²) in [4.78, 5) is 12.6. The normalized spacial score (nSPS) is 11.2. The average molecular weight is 312 g/mol. The van der Waals surface area contributed by atoms with Crippen molar-refractivity contribution in [1.82, 2.24) is 0 Å². The summed E-state index contributed by atoms with van der Waals surface area (Å²) in [6.07, 6.45) is 0.937. The second-order valence-electron chi connectivity index (χ2n) is 5.64. The van der Waals surface area contributed by atoms with E-state index in [1.807, 2.05) is 6.92 Å². The van der Waals surface area contributed by atoms with Gasteiger partial charge >= 0.3 is 0 Å². The SMILES string of the molecule is C=C(C)CCc1c(O)cc2oc3c(O)cccc3c(=O)c2c1O. The average Bonchev–Trinajstić information content (AvgIpc) is 2.47. The summed E-state index contributed by atoms with van der Waals surface area (Å²) < 4.78 is 5.51. The second-order valence-corrected chi connectivity index (χ2v) is 5.64. The molecule has 5 heteroatoms. The van der Waals surface area contributed by atoms with Crippen LogP contribution in [-0.2, 0) is 6.42 Å². The van der Waals surface area contributed by atoms with Crippen molar-refractivity contribution in [2.45, 2.75) is 19.8 Å². The number of phenolic OH excluding ortho intramolecular Hbond substituents is 3. The molecule has 1 aromatic heterocycles. The molecule has 0 saturated heterocycles. The summed E-state index contributed by atoms with van der Waals surface area (Å²) in [5.74, 6) is -0.624. The summed E-state index contributed by atoms with van der Waals surface area (Å²) in [6.45, 7) is 5.64. The molecule has 118 valence electrons. The molecule has 0 aliphatic carbocycles. The Balaban J connectivity index is 2.37. The number of rotatable bonds is 3. The van der Waals surface area contributed by atoms with Gasteiger partial charge in [-0.05, 0) is 31.9 Å². The van der Waals surface area contributed by atoms with Gasteiger partial charge in [0, 0.05) is 11.6 Å². The van der Waals surface area contributed by atoms with E-state index in [9.17, 15) is 20.1 Å². The molecule has 5 nitrogen and oxygen atoms in total. The molecule has 0 saturated carbocycles. The van der Waals surface area contributed by atoms with Crippen molar-refractivity contribution < 1.29 is 19.7 Å². The van der Waals surface area contributed by atoms with Gasteiger partial charge in [0.1, 0.15) is 22.5 Å². The summed E-state index contributed by atoms with van der Waals surface area (Å²) in [6, 6.07) is 5.73. The third-order valence-corrected chi connectivity index (χ3v) is 3.83. The maximum Gasteiger partial charge on any atom is 0.204 e. The Kier molecular flexibility index (Phi) is 3.48. The Bertz CT molecular complexity index is 998. The molecule has 0 bridgehead atoms. The predicted molar refractivity (Wildman–Crippen MR) is 88.1 cm³/mol. The number of allylic oxidation sites excluding steroid dienone is 1. The van der Waals surface area contributed by atoms with Crippen molar-refractivity contribution in [1.29, 1.82) is 0 Å². The third-order valence-electron chi connectivity index (χ3n) is 3.83. The first kappa shape index (κ1) is 15.0. The Labute approximate surface area is 131 Å². The van der Waals surface area contributed by atoms with Gasteiger partial charge in [0.05, 0.1) is 5.39 Å². The van der Waals surface area contributed by atoms with Gasteiger partial charge in [-0.1, -0.05) is 11.6 Å². The van der Waals surface area contributed by atoms with Crippen molar-refractivity contribution in [3.8, 4) is 17.2 Å². The van der Waals surface area contributed by atoms with Gasteiger partial charge in [-0.2, -0.15) is 0 Å². The van der Waals surface area contributed by atoms with Gasteiger partial charge in [-0.3, -0.25) is 4.79 Å². The van der Waals surface area contributed by atoms with Crippen LogP contribution in [0.5, 0.6) is 17.2 Å². The maximum atomic E-state index is 12.6. The van der Waals surface area contributed by atoms with E-state index in [2.05, 4.69) is 6.58 Å². The molecule has 23 heavy (non-hydrogen) atoms.